The van der Waals surface area contributed by atoms with Crippen LogP contribution in [0.25, 0.3) is 199 Å². The molecule has 0 aliphatic rings. The van der Waals surface area contributed by atoms with Gasteiger partial charge in [-0.05, 0) is 151 Å². The maximum Gasteiger partial charge on any atom is 0.161 e. The van der Waals surface area contributed by atoms with Crippen molar-refractivity contribution in [3.8, 4) is 135 Å². The fourth-order valence-corrected chi connectivity index (χ4v) is 15.2. The van der Waals surface area contributed by atoms with Crippen molar-refractivity contribution in [3.05, 3.63) is 401 Å². The standard InChI is InChI=1S/2C51H33N3/c1-4-14-44-35(9-1)12-7-16-46(44)37-21-27-40(28-22-37)50-32-49(39-25-19-34(20-26-39)43-31-42-11-3-6-18-48(42)52-33-43)53-51(54-50)41-29-23-38(24-30-41)47-17-8-13-36-10-2-5-15-45(36)47;1-2-12-39(13-3-1)49-43-16-6-8-18-45(43)50(46-19-9-7-17-44(46)49)51-53-47(32-48(54-51)38-27-22-36(23-28-38)42-15-10-30-52-33-42)37-25-20-35(21-26-37)41-29-24-34-11-4-5-14-40(34)31-41/h2*1-33H. The number of aromatic nitrogens is 6. The third-order valence-electron chi connectivity index (χ3n) is 20.7. The van der Waals surface area contributed by atoms with Crippen molar-refractivity contribution in [2.45, 2.75) is 0 Å². The van der Waals surface area contributed by atoms with Crippen molar-refractivity contribution in [1.82, 2.24) is 29.9 Å². The monoisotopic (exact) mass is 1370 g/mol. The Morgan fingerprint density at radius 1 is 0.176 bits per heavy atom. The predicted molar refractivity (Wildman–Crippen MR) is 450 cm³/mol. The second-order valence-electron chi connectivity index (χ2n) is 27.3. The molecule has 0 bridgehead atoms. The van der Waals surface area contributed by atoms with Crippen LogP contribution in [0, 0.1) is 0 Å². The molecular weight excluding hydrogens is 1310 g/mol. The zero-order chi connectivity index (χ0) is 71.7. The zero-order valence-electron chi connectivity index (χ0n) is 58.8. The first-order valence-corrected chi connectivity index (χ1v) is 36.5. The van der Waals surface area contributed by atoms with Gasteiger partial charge in [0.1, 0.15) is 0 Å². The van der Waals surface area contributed by atoms with Gasteiger partial charge in [0, 0.05) is 62.9 Å². The molecule has 0 fully saturated rings. The summed E-state index contributed by atoms with van der Waals surface area (Å²) in [6, 6.07) is 135. The summed E-state index contributed by atoms with van der Waals surface area (Å²) in [5.74, 6) is 1.39. The van der Waals surface area contributed by atoms with Crippen LogP contribution < -0.4 is 0 Å². The van der Waals surface area contributed by atoms with E-state index in [1.807, 2.05) is 30.6 Å². The average molecular weight is 1380 g/mol. The zero-order valence-corrected chi connectivity index (χ0v) is 58.8. The Morgan fingerprint density at radius 2 is 0.546 bits per heavy atom. The molecule has 0 saturated carbocycles. The van der Waals surface area contributed by atoms with Crippen LogP contribution in [0.2, 0.25) is 0 Å². The number of fused-ring (bicyclic) bond motifs is 6. The molecule has 0 unspecified atom stereocenters. The fraction of sp³-hybridized carbons (Fsp3) is 0. The molecule has 0 N–H and O–H groups in total. The number of benzene rings is 16. The van der Waals surface area contributed by atoms with Crippen molar-refractivity contribution < 1.29 is 0 Å². The lowest BCUT2D eigenvalue weighted by Crippen LogP contribution is -1.98. The van der Waals surface area contributed by atoms with E-state index in [-0.39, 0.29) is 0 Å². The highest BCUT2D eigenvalue weighted by molar-refractivity contribution is 6.21. The minimum Gasteiger partial charge on any atom is -0.264 e. The van der Waals surface area contributed by atoms with Gasteiger partial charge in [0.15, 0.2) is 11.6 Å². The Hall–Kier alpha value is -14.5. The molecule has 20 rings (SSSR count). The molecule has 4 aromatic heterocycles. The van der Waals surface area contributed by atoms with Crippen molar-refractivity contribution in [1.29, 1.82) is 0 Å². The van der Waals surface area contributed by atoms with Crippen LogP contribution in [-0.2, 0) is 0 Å². The summed E-state index contributed by atoms with van der Waals surface area (Å²) in [5, 5.41) is 13.1. The van der Waals surface area contributed by atoms with Crippen LogP contribution >= 0.6 is 0 Å². The minimum absolute atomic E-state index is 0.688. The molecule has 0 atom stereocenters. The topological polar surface area (TPSA) is 77.3 Å². The van der Waals surface area contributed by atoms with E-state index in [1.165, 1.54) is 82.0 Å². The fourth-order valence-electron chi connectivity index (χ4n) is 15.2. The van der Waals surface area contributed by atoms with Crippen LogP contribution in [-0.4, -0.2) is 29.9 Å². The van der Waals surface area contributed by atoms with Gasteiger partial charge in [-0.2, -0.15) is 0 Å². The van der Waals surface area contributed by atoms with E-state index in [2.05, 4.69) is 374 Å². The van der Waals surface area contributed by atoms with Crippen molar-refractivity contribution in [2.75, 3.05) is 0 Å². The van der Waals surface area contributed by atoms with E-state index >= 15 is 0 Å². The summed E-state index contributed by atoms with van der Waals surface area (Å²) >= 11 is 0. The molecule has 108 heavy (non-hydrogen) atoms. The maximum atomic E-state index is 5.39. The molecule has 0 aliphatic carbocycles. The maximum absolute atomic E-state index is 5.39. The summed E-state index contributed by atoms with van der Waals surface area (Å²) in [6.45, 7) is 0. The van der Waals surface area contributed by atoms with E-state index in [0.29, 0.717) is 11.6 Å². The van der Waals surface area contributed by atoms with Crippen LogP contribution in [0.3, 0.4) is 0 Å². The van der Waals surface area contributed by atoms with E-state index in [1.54, 1.807) is 6.20 Å². The summed E-state index contributed by atoms with van der Waals surface area (Å²) in [4.78, 5) is 30.1. The van der Waals surface area contributed by atoms with Crippen molar-refractivity contribution in [3.63, 3.8) is 0 Å². The quantitative estimate of drug-likeness (QED) is 0.113. The lowest BCUT2D eigenvalue weighted by molar-refractivity contribution is 1.18. The Balaban J connectivity index is 0.000000147. The van der Waals surface area contributed by atoms with Crippen LogP contribution in [0.4, 0.5) is 0 Å². The van der Waals surface area contributed by atoms with Gasteiger partial charge in [-0.15, -0.1) is 0 Å². The predicted octanol–water partition coefficient (Wildman–Crippen LogP) is 26.7. The van der Waals surface area contributed by atoms with Crippen LogP contribution in [0.5, 0.6) is 0 Å². The van der Waals surface area contributed by atoms with Gasteiger partial charge in [0.25, 0.3) is 0 Å². The third-order valence-corrected chi connectivity index (χ3v) is 20.7. The minimum atomic E-state index is 0.688. The molecule has 0 radical (unpaired) electrons. The molecule has 4 heterocycles. The second kappa shape index (κ2) is 28.3. The Kier molecular flexibility index (Phi) is 16.9. The van der Waals surface area contributed by atoms with Crippen molar-refractivity contribution >= 4 is 64.8 Å². The number of rotatable bonds is 12. The van der Waals surface area contributed by atoms with E-state index in [0.717, 1.165) is 106 Å². The third kappa shape index (κ3) is 12.7. The largest absolute Gasteiger partial charge is 0.264 e. The Bertz CT molecular complexity index is 6530. The SMILES string of the molecule is c1ccc(-c2c3ccccc3c(-c3nc(-c4ccc(-c5cccnc5)cc4)cc(-c4ccc(-c5ccc6ccccc6c5)cc4)n3)c3ccccc23)cc1.c1ccc2ncc(-c3ccc(-c4cc(-c5ccc(-c6cccc7ccccc67)cc5)nc(-c5ccc(-c6cccc7ccccc67)cc5)n4)cc3)cc2c1. The number of hydrogen-bond acceptors (Lipinski definition) is 6. The van der Waals surface area contributed by atoms with Gasteiger partial charge in [-0.1, -0.05) is 346 Å². The second-order valence-corrected chi connectivity index (χ2v) is 27.3. The van der Waals surface area contributed by atoms with Crippen LogP contribution in [0.15, 0.2) is 401 Å². The molecule has 504 valence electrons. The highest BCUT2D eigenvalue weighted by Crippen LogP contribution is 2.45. The van der Waals surface area contributed by atoms with Gasteiger partial charge in [0.05, 0.1) is 28.3 Å². The number of hydrogen-bond donors (Lipinski definition) is 0. The van der Waals surface area contributed by atoms with Crippen molar-refractivity contribution in [2.24, 2.45) is 0 Å². The van der Waals surface area contributed by atoms with Gasteiger partial charge in [0.2, 0.25) is 0 Å². The van der Waals surface area contributed by atoms with Crippen LogP contribution in [0.1, 0.15) is 0 Å². The van der Waals surface area contributed by atoms with Gasteiger partial charge in [-0.25, -0.2) is 19.9 Å². The van der Waals surface area contributed by atoms with E-state index in [9.17, 15) is 0 Å². The molecule has 16 aromatic carbocycles. The highest BCUT2D eigenvalue weighted by atomic mass is 14.9. The summed E-state index contributed by atoms with van der Waals surface area (Å²) in [6.07, 6.45) is 5.64. The molecule has 0 amide bonds. The molecule has 20 aromatic rings. The first-order chi connectivity index (χ1) is 53.5. The van der Waals surface area contributed by atoms with E-state index < -0.39 is 0 Å². The molecule has 0 spiro atoms. The molecular formula is C102H66N6. The smallest absolute Gasteiger partial charge is 0.161 e. The lowest BCUT2D eigenvalue weighted by atomic mass is 9.88. The molecule has 0 saturated heterocycles. The first-order valence-electron chi connectivity index (χ1n) is 36.5. The first kappa shape index (κ1) is 64.4. The van der Waals surface area contributed by atoms with Gasteiger partial charge < -0.3 is 0 Å². The number of pyridine rings is 2. The molecule has 6 nitrogen and oxygen atoms in total. The van der Waals surface area contributed by atoms with Gasteiger partial charge in [-0.3, -0.25) is 9.97 Å². The molecule has 6 heteroatoms. The number of nitrogens with zero attached hydrogens (tertiary/aromatic N) is 6. The Labute approximate surface area is 626 Å². The normalized spacial score (nSPS) is 11.3. The lowest BCUT2D eigenvalue weighted by Gasteiger charge is -2.18. The van der Waals surface area contributed by atoms with E-state index in [4.69, 9.17) is 19.9 Å². The average Bonchev–Trinajstić information content (AvgIpc) is 0.730. The van der Waals surface area contributed by atoms with Gasteiger partial charge >= 0.3 is 0 Å². The summed E-state index contributed by atoms with van der Waals surface area (Å²) < 4.78 is 0. The summed E-state index contributed by atoms with van der Waals surface area (Å²) in [7, 11) is 0. The highest BCUT2D eigenvalue weighted by Gasteiger charge is 2.21. The Morgan fingerprint density at radius 3 is 1.06 bits per heavy atom. The molecule has 0 aliphatic heterocycles. The summed E-state index contributed by atoms with van der Waals surface area (Å²) in [5.41, 5.74) is 24.5. The number of para-hydroxylation sites is 1.